The van der Waals surface area contributed by atoms with Gasteiger partial charge in [0.2, 0.25) is 0 Å². The van der Waals surface area contributed by atoms with Gasteiger partial charge in [-0.1, -0.05) is 0 Å². The number of carbonyl (C=O) groups is 1. The number of hydrogen-bond donors (Lipinski definition) is 1. The molecule has 0 fully saturated rings. The van der Waals surface area contributed by atoms with E-state index in [1.165, 1.54) is 20.3 Å². The van der Waals surface area contributed by atoms with E-state index >= 15 is 0 Å². The van der Waals surface area contributed by atoms with Gasteiger partial charge in [0, 0.05) is 0 Å². The van der Waals surface area contributed by atoms with E-state index in [0.717, 1.165) is 0 Å². The van der Waals surface area contributed by atoms with Crippen molar-refractivity contribution in [3.8, 4) is 11.5 Å². The first-order valence-corrected chi connectivity index (χ1v) is 4.82. The third-order valence-electron chi connectivity index (χ3n) is 2.01. The van der Waals surface area contributed by atoms with Crippen LogP contribution in [0.25, 0.3) is 0 Å². The Bertz CT molecular complexity index is 390. The molecule has 5 nitrogen and oxygen atoms in total. The summed E-state index contributed by atoms with van der Waals surface area (Å²) in [5.41, 5.74) is 6.42. The summed E-state index contributed by atoms with van der Waals surface area (Å²) in [5.74, 6) is 0.398. The van der Waals surface area contributed by atoms with Gasteiger partial charge >= 0.3 is 5.97 Å². The molecule has 0 saturated carbocycles. The van der Waals surface area contributed by atoms with Gasteiger partial charge in [0.05, 0.1) is 32.1 Å². The number of benzene rings is 1. The van der Waals surface area contributed by atoms with E-state index in [2.05, 4.69) is 4.74 Å². The van der Waals surface area contributed by atoms with Crippen molar-refractivity contribution in [3.05, 3.63) is 17.7 Å². The topological polar surface area (TPSA) is 70.8 Å². The molecule has 0 amide bonds. The monoisotopic (exact) mass is 225 g/mol. The van der Waals surface area contributed by atoms with Crippen LogP contribution in [0.1, 0.15) is 17.3 Å². The van der Waals surface area contributed by atoms with E-state index in [4.69, 9.17) is 15.2 Å². The zero-order valence-corrected chi connectivity index (χ0v) is 9.57. The number of methoxy groups -OCH3 is 2. The van der Waals surface area contributed by atoms with E-state index in [9.17, 15) is 4.79 Å². The number of anilines is 1. The maximum Gasteiger partial charge on any atom is 0.338 e. The molecule has 5 heteroatoms. The summed E-state index contributed by atoms with van der Waals surface area (Å²) in [6, 6.07) is 3.04. The first-order chi connectivity index (χ1) is 7.63. The minimum atomic E-state index is -0.463. The first kappa shape index (κ1) is 12.2. The Kier molecular flexibility index (Phi) is 3.99. The van der Waals surface area contributed by atoms with Crippen LogP contribution in [-0.2, 0) is 4.74 Å². The van der Waals surface area contributed by atoms with Gasteiger partial charge in [0.15, 0.2) is 11.5 Å². The van der Waals surface area contributed by atoms with Crippen molar-refractivity contribution in [1.82, 2.24) is 0 Å². The minimum Gasteiger partial charge on any atom is -0.491 e. The zero-order valence-electron chi connectivity index (χ0n) is 9.57. The number of nitrogens with two attached hydrogens (primary N) is 1. The summed E-state index contributed by atoms with van der Waals surface area (Å²) in [7, 11) is 2.80. The molecule has 0 atom stereocenters. The SMILES string of the molecule is CCOc1cc(C(=O)OC)cc(N)c1OC. The van der Waals surface area contributed by atoms with Gasteiger partial charge in [-0.3, -0.25) is 0 Å². The third kappa shape index (κ3) is 2.36. The second-order valence-electron chi connectivity index (χ2n) is 3.02. The van der Waals surface area contributed by atoms with E-state index in [1.807, 2.05) is 6.92 Å². The van der Waals surface area contributed by atoms with E-state index in [0.29, 0.717) is 29.4 Å². The molecule has 0 spiro atoms. The first-order valence-electron chi connectivity index (χ1n) is 4.82. The maximum atomic E-state index is 11.3. The predicted octanol–water partition coefficient (Wildman–Crippen LogP) is 1.46. The fourth-order valence-corrected chi connectivity index (χ4v) is 1.34. The van der Waals surface area contributed by atoms with Gasteiger partial charge in [-0.25, -0.2) is 4.79 Å². The second-order valence-corrected chi connectivity index (χ2v) is 3.02. The van der Waals surface area contributed by atoms with Gasteiger partial charge in [0.1, 0.15) is 0 Å². The largest absolute Gasteiger partial charge is 0.491 e. The van der Waals surface area contributed by atoms with Crippen molar-refractivity contribution in [1.29, 1.82) is 0 Å². The van der Waals surface area contributed by atoms with Crippen LogP contribution in [0, 0.1) is 0 Å². The van der Waals surface area contributed by atoms with Crippen molar-refractivity contribution in [2.75, 3.05) is 26.6 Å². The highest BCUT2D eigenvalue weighted by molar-refractivity contribution is 5.92. The Hall–Kier alpha value is -1.91. The molecule has 0 unspecified atom stereocenters. The van der Waals surface area contributed by atoms with E-state index in [1.54, 1.807) is 6.07 Å². The summed E-state index contributed by atoms with van der Waals surface area (Å²) in [4.78, 5) is 11.3. The molecule has 0 aliphatic heterocycles. The molecule has 2 N–H and O–H groups in total. The summed E-state index contributed by atoms with van der Waals surface area (Å²) in [6.07, 6.45) is 0. The van der Waals surface area contributed by atoms with Crippen molar-refractivity contribution < 1.29 is 19.0 Å². The van der Waals surface area contributed by atoms with Crippen LogP contribution in [0.5, 0.6) is 11.5 Å². The van der Waals surface area contributed by atoms with Gasteiger partial charge in [-0.05, 0) is 19.1 Å². The lowest BCUT2D eigenvalue weighted by Gasteiger charge is -2.12. The normalized spacial score (nSPS) is 9.69. The lowest BCUT2D eigenvalue weighted by molar-refractivity contribution is 0.0600. The number of ether oxygens (including phenoxy) is 3. The molecule has 0 aliphatic rings. The Morgan fingerprint density at radius 3 is 2.56 bits per heavy atom. The molecule has 1 rings (SSSR count). The third-order valence-corrected chi connectivity index (χ3v) is 2.01. The molecule has 16 heavy (non-hydrogen) atoms. The Balaban J connectivity index is 3.22. The highest BCUT2D eigenvalue weighted by Crippen LogP contribution is 2.34. The fraction of sp³-hybridized carbons (Fsp3) is 0.364. The standard InChI is InChI=1S/C11H15NO4/c1-4-16-9-6-7(11(13)15-3)5-8(12)10(9)14-2/h5-6H,4,12H2,1-3H3. The van der Waals surface area contributed by atoms with Crippen LogP contribution in [0.15, 0.2) is 12.1 Å². The number of esters is 1. The lowest BCUT2D eigenvalue weighted by Crippen LogP contribution is -2.05. The molecule has 1 aromatic carbocycles. The van der Waals surface area contributed by atoms with Crippen LogP contribution in [-0.4, -0.2) is 26.8 Å². The number of rotatable bonds is 4. The van der Waals surface area contributed by atoms with Gasteiger partial charge < -0.3 is 19.9 Å². The Morgan fingerprint density at radius 2 is 2.06 bits per heavy atom. The molecule has 1 aromatic rings. The second kappa shape index (κ2) is 5.25. The predicted molar refractivity (Wildman–Crippen MR) is 59.9 cm³/mol. The highest BCUT2D eigenvalue weighted by Gasteiger charge is 2.14. The van der Waals surface area contributed by atoms with Crippen LogP contribution < -0.4 is 15.2 Å². The highest BCUT2D eigenvalue weighted by atomic mass is 16.5. The molecule has 0 radical (unpaired) electrons. The van der Waals surface area contributed by atoms with Gasteiger partial charge in [0.25, 0.3) is 0 Å². The lowest BCUT2D eigenvalue weighted by atomic mass is 10.1. The van der Waals surface area contributed by atoms with Crippen molar-refractivity contribution in [3.63, 3.8) is 0 Å². The van der Waals surface area contributed by atoms with Gasteiger partial charge in [-0.2, -0.15) is 0 Å². The number of carbonyl (C=O) groups excluding carboxylic acids is 1. The quantitative estimate of drug-likeness (QED) is 0.620. The average molecular weight is 225 g/mol. The summed E-state index contributed by atoms with van der Waals surface area (Å²) >= 11 is 0. The summed E-state index contributed by atoms with van der Waals surface area (Å²) in [5, 5.41) is 0. The summed E-state index contributed by atoms with van der Waals surface area (Å²) in [6.45, 7) is 2.29. The fourth-order valence-electron chi connectivity index (χ4n) is 1.34. The van der Waals surface area contributed by atoms with Crippen molar-refractivity contribution >= 4 is 11.7 Å². The molecule has 0 heterocycles. The molecule has 0 bridgehead atoms. The van der Waals surface area contributed by atoms with E-state index < -0.39 is 5.97 Å². The van der Waals surface area contributed by atoms with Crippen LogP contribution in [0.3, 0.4) is 0 Å². The van der Waals surface area contributed by atoms with Crippen LogP contribution >= 0.6 is 0 Å². The van der Waals surface area contributed by atoms with E-state index in [-0.39, 0.29) is 0 Å². The molecular weight excluding hydrogens is 210 g/mol. The van der Waals surface area contributed by atoms with Gasteiger partial charge in [-0.15, -0.1) is 0 Å². The molecular formula is C11H15NO4. The average Bonchev–Trinajstić information content (AvgIpc) is 2.28. The number of nitrogen functional groups attached to an aromatic ring is 1. The molecule has 0 aliphatic carbocycles. The molecule has 0 aromatic heterocycles. The zero-order chi connectivity index (χ0) is 12.1. The molecule has 88 valence electrons. The Labute approximate surface area is 94.1 Å². The smallest absolute Gasteiger partial charge is 0.338 e. The van der Waals surface area contributed by atoms with Crippen LogP contribution in [0.4, 0.5) is 5.69 Å². The van der Waals surface area contributed by atoms with Crippen molar-refractivity contribution in [2.24, 2.45) is 0 Å². The number of hydrogen-bond acceptors (Lipinski definition) is 5. The maximum absolute atomic E-state index is 11.3. The Morgan fingerprint density at radius 1 is 1.38 bits per heavy atom. The minimum absolute atomic E-state index is 0.337. The van der Waals surface area contributed by atoms with Crippen molar-refractivity contribution in [2.45, 2.75) is 6.92 Å². The van der Waals surface area contributed by atoms with Crippen LogP contribution in [0.2, 0.25) is 0 Å². The summed E-state index contributed by atoms with van der Waals surface area (Å²) < 4.78 is 15.0. The molecule has 0 saturated heterocycles.